The number of hydrazine groups is 1. The Balaban J connectivity index is 1.84. The van der Waals surface area contributed by atoms with Gasteiger partial charge in [-0.2, -0.15) is 13.2 Å². The third kappa shape index (κ3) is 1.82. The van der Waals surface area contributed by atoms with Gasteiger partial charge in [0.1, 0.15) is 6.17 Å². The van der Waals surface area contributed by atoms with Gasteiger partial charge in [0.2, 0.25) is 0 Å². The molecule has 7 heteroatoms. The lowest BCUT2D eigenvalue weighted by Gasteiger charge is -2.33. The average Bonchev–Trinajstić information content (AvgIpc) is 3.04. The van der Waals surface area contributed by atoms with Gasteiger partial charge in [-0.1, -0.05) is 38.1 Å². The Morgan fingerprint density at radius 1 is 1.13 bits per heavy atom. The van der Waals surface area contributed by atoms with Gasteiger partial charge >= 0.3 is 12.2 Å². The molecule has 0 radical (unpaired) electrons. The van der Waals surface area contributed by atoms with Gasteiger partial charge in [0, 0.05) is 23.2 Å². The smallest absolute Gasteiger partial charge is 0.269 e. The molecule has 4 rings (SSSR count). The number of urea groups is 1. The summed E-state index contributed by atoms with van der Waals surface area (Å²) in [6.45, 7) is 3.89. The van der Waals surface area contributed by atoms with E-state index in [0.717, 1.165) is 5.01 Å². The van der Waals surface area contributed by atoms with Crippen molar-refractivity contribution in [1.82, 2.24) is 10.0 Å². The van der Waals surface area contributed by atoms with Crippen LogP contribution < -0.4 is 4.90 Å². The number of hydrogen-bond acceptors (Lipinski definition) is 2. The fraction of sp³-hybridized carbons (Fsp3) is 0.438. The zero-order valence-electron chi connectivity index (χ0n) is 12.7. The van der Waals surface area contributed by atoms with Crippen molar-refractivity contribution in [3.63, 3.8) is 0 Å². The summed E-state index contributed by atoms with van der Waals surface area (Å²) < 4.78 is 40.1. The summed E-state index contributed by atoms with van der Waals surface area (Å²) in [5.74, 6) is 0. The number of rotatable bonds is 1. The van der Waals surface area contributed by atoms with Crippen LogP contribution in [0.3, 0.4) is 0 Å². The van der Waals surface area contributed by atoms with E-state index in [0.29, 0.717) is 11.4 Å². The molecule has 0 saturated carbocycles. The van der Waals surface area contributed by atoms with Gasteiger partial charge in [0.25, 0.3) is 0 Å². The Kier molecular flexibility index (Phi) is 2.64. The number of alkyl halides is 3. The molecule has 122 valence electrons. The lowest BCUT2D eigenvalue weighted by atomic mass is 9.90. The second-order valence-corrected chi connectivity index (χ2v) is 6.77. The minimum Gasteiger partial charge on any atom is -0.269 e. The molecule has 2 atom stereocenters. The van der Waals surface area contributed by atoms with Crippen LogP contribution in [0.4, 0.5) is 23.7 Å². The Labute approximate surface area is 131 Å². The number of carbonyl (C=O) groups excluding carboxylic acids is 1. The fourth-order valence-electron chi connectivity index (χ4n) is 3.86. The molecule has 0 aliphatic carbocycles. The number of halogens is 3. The molecule has 1 aromatic rings. The normalized spacial score (nSPS) is 28.5. The molecule has 3 aliphatic heterocycles. The molecule has 0 unspecified atom stereocenters. The molecule has 0 spiro atoms. The third-order valence-corrected chi connectivity index (χ3v) is 4.72. The number of benzene rings is 1. The summed E-state index contributed by atoms with van der Waals surface area (Å²) in [6, 6.07) is 6.47. The highest BCUT2D eigenvalue weighted by molar-refractivity contribution is 5.95. The van der Waals surface area contributed by atoms with Crippen LogP contribution in [-0.2, 0) is 0 Å². The van der Waals surface area contributed by atoms with E-state index in [-0.39, 0.29) is 6.42 Å². The quantitative estimate of drug-likeness (QED) is 0.787. The van der Waals surface area contributed by atoms with E-state index < -0.39 is 29.8 Å². The second kappa shape index (κ2) is 4.21. The standard InChI is InChI=1S/C16H16F3N3O/c1-15(2)9-11-8-12(16(17,18)19)22-14(23)20(13(15)21(11)22)10-6-4-3-5-7-10/h3-7,9,12-13H,8H2,1-2H3/t12-,13-/m0/s1. The molecule has 2 amide bonds. The van der Waals surface area contributed by atoms with E-state index in [4.69, 9.17) is 0 Å². The van der Waals surface area contributed by atoms with Gasteiger partial charge in [-0.25, -0.2) is 9.80 Å². The van der Waals surface area contributed by atoms with Crippen molar-refractivity contribution < 1.29 is 18.0 Å². The molecule has 1 aromatic carbocycles. The van der Waals surface area contributed by atoms with E-state index in [1.807, 2.05) is 26.0 Å². The highest BCUT2D eigenvalue weighted by Crippen LogP contribution is 2.53. The second-order valence-electron chi connectivity index (χ2n) is 6.77. The Bertz CT molecular complexity index is 698. The van der Waals surface area contributed by atoms with Crippen molar-refractivity contribution in [2.45, 2.75) is 38.7 Å². The van der Waals surface area contributed by atoms with E-state index in [1.54, 1.807) is 24.3 Å². The minimum absolute atomic E-state index is 0.169. The van der Waals surface area contributed by atoms with Gasteiger partial charge in [0.05, 0.1) is 0 Å². The van der Waals surface area contributed by atoms with E-state index >= 15 is 0 Å². The molecule has 0 N–H and O–H groups in total. The molecule has 2 fully saturated rings. The third-order valence-electron chi connectivity index (χ3n) is 4.72. The van der Waals surface area contributed by atoms with Crippen LogP contribution in [-0.4, -0.2) is 34.4 Å². The lowest BCUT2D eigenvalue weighted by molar-refractivity contribution is -0.184. The summed E-state index contributed by atoms with van der Waals surface area (Å²) in [6.07, 6.45) is -3.21. The average molecular weight is 323 g/mol. The predicted molar refractivity (Wildman–Crippen MR) is 78.1 cm³/mol. The first-order valence-corrected chi connectivity index (χ1v) is 7.47. The van der Waals surface area contributed by atoms with Crippen molar-refractivity contribution in [2.24, 2.45) is 5.41 Å². The summed E-state index contributed by atoms with van der Waals surface area (Å²) in [7, 11) is 0. The first-order valence-electron chi connectivity index (χ1n) is 7.47. The van der Waals surface area contributed by atoms with Crippen LogP contribution in [0.2, 0.25) is 0 Å². The maximum absolute atomic E-state index is 13.4. The van der Waals surface area contributed by atoms with E-state index in [9.17, 15) is 18.0 Å². The molecule has 3 heterocycles. The summed E-state index contributed by atoms with van der Waals surface area (Å²) in [5, 5.41) is 2.42. The van der Waals surface area contributed by atoms with Gasteiger partial charge in [-0.15, -0.1) is 0 Å². The maximum atomic E-state index is 13.4. The van der Waals surface area contributed by atoms with Crippen LogP contribution in [0.5, 0.6) is 0 Å². The number of amides is 2. The highest BCUT2D eigenvalue weighted by atomic mass is 19.4. The SMILES string of the molecule is CC1(C)C=C2C[C@@H](C(F)(F)F)N3C(=O)N(c4ccccc4)[C@H]1N23. The van der Waals surface area contributed by atoms with Gasteiger partial charge in [-0.3, -0.25) is 9.91 Å². The maximum Gasteiger partial charge on any atom is 0.411 e. The zero-order chi connectivity index (χ0) is 16.6. The first kappa shape index (κ1) is 14.4. The van der Waals surface area contributed by atoms with Crippen LogP contribution >= 0.6 is 0 Å². The van der Waals surface area contributed by atoms with Crippen molar-refractivity contribution in [2.75, 3.05) is 4.90 Å². The monoisotopic (exact) mass is 323 g/mol. The molecule has 0 bridgehead atoms. The van der Waals surface area contributed by atoms with Gasteiger partial charge in [-0.05, 0) is 12.1 Å². The van der Waals surface area contributed by atoms with Crippen molar-refractivity contribution in [3.05, 3.63) is 42.1 Å². The van der Waals surface area contributed by atoms with E-state index in [1.165, 1.54) is 9.91 Å². The molecule has 4 nitrogen and oxygen atoms in total. The number of nitrogens with zero attached hydrogens (tertiary/aromatic N) is 3. The van der Waals surface area contributed by atoms with Crippen LogP contribution in [0.25, 0.3) is 0 Å². The zero-order valence-corrected chi connectivity index (χ0v) is 12.7. The number of anilines is 1. The Morgan fingerprint density at radius 3 is 2.39 bits per heavy atom. The van der Waals surface area contributed by atoms with Gasteiger partial charge in [0.15, 0.2) is 6.04 Å². The summed E-state index contributed by atoms with van der Waals surface area (Å²) in [5.41, 5.74) is 0.765. The predicted octanol–water partition coefficient (Wildman–Crippen LogP) is 3.73. The Morgan fingerprint density at radius 2 is 1.78 bits per heavy atom. The lowest BCUT2D eigenvalue weighted by Crippen LogP contribution is -2.47. The highest BCUT2D eigenvalue weighted by Gasteiger charge is 2.65. The number of para-hydroxylation sites is 1. The number of hydrogen-bond donors (Lipinski definition) is 0. The summed E-state index contributed by atoms with van der Waals surface area (Å²) >= 11 is 0. The van der Waals surface area contributed by atoms with Crippen LogP contribution in [0.15, 0.2) is 42.1 Å². The first-order chi connectivity index (χ1) is 10.7. The van der Waals surface area contributed by atoms with Crippen LogP contribution in [0, 0.1) is 5.41 Å². The van der Waals surface area contributed by atoms with E-state index in [2.05, 4.69) is 0 Å². The van der Waals surface area contributed by atoms with Crippen molar-refractivity contribution in [1.29, 1.82) is 0 Å². The minimum atomic E-state index is -4.44. The molecule has 0 aromatic heterocycles. The fourth-order valence-corrected chi connectivity index (χ4v) is 3.86. The molecular formula is C16H16F3N3O. The number of carbonyl (C=O) groups is 1. The van der Waals surface area contributed by atoms with Gasteiger partial charge < -0.3 is 0 Å². The molecule has 3 aliphatic rings. The molecule has 23 heavy (non-hydrogen) atoms. The van der Waals surface area contributed by atoms with Crippen molar-refractivity contribution >= 4 is 11.7 Å². The topological polar surface area (TPSA) is 26.8 Å². The van der Waals surface area contributed by atoms with Crippen molar-refractivity contribution in [3.8, 4) is 0 Å². The molecular weight excluding hydrogens is 307 g/mol. The van der Waals surface area contributed by atoms with Crippen LogP contribution in [0.1, 0.15) is 20.3 Å². The summed E-state index contributed by atoms with van der Waals surface area (Å²) in [4.78, 5) is 14.3. The largest absolute Gasteiger partial charge is 0.411 e. The molecule has 2 saturated heterocycles. The Hall–Kier alpha value is -2.18.